The van der Waals surface area contributed by atoms with Crippen molar-refractivity contribution in [1.82, 2.24) is 25.2 Å². The molecular weight excluding hydrogens is 503 g/mol. The molecule has 2 fully saturated rings. The van der Waals surface area contributed by atoms with E-state index in [0.29, 0.717) is 30.2 Å². The Labute approximate surface area is 216 Å². The van der Waals surface area contributed by atoms with E-state index in [1.807, 2.05) is 6.92 Å². The molecule has 5 rings (SSSR count). The minimum atomic E-state index is -4.56. The molecule has 0 spiro atoms. The van der Waals surface area contributed by atoms with Crippen molar-refractivity contribution in [2.45, 2.75) is 51.4 Å². The van der Waals surface area contributed by atoms with E-state index < -0.39 is 30.2 Å². The van der Waals surface area contributed by atoms with Crippen LogP contribution in [0.25, 0.3) is 22.3 Å². The maximum atomic E-state index is 13.6. The summed E-state index contributed by atoms with van der Waals surface area (Å²) in [5.74, 6) is -0.170. The summed E-state index contributed by atoms with van der Waals surface area (Å²) in [4.78, 5) is 38.4. The van der Waals surface area contributed by atoms with Crippen LogP contribution in [0.5, 0.6) is 5.75 Å². The van der Waals surface area contributed by atoms with E-state index in [4.69, 9.17) is 4.74 Å². The molecule has 3 heterocycles. The van der Waals surface area contributed by atoms with Crippen LogP contribution in [-0.4, -0.2) is 68.6 Å². The third-order valence-electron chi connectivity index (χ3n) is 7.10. The zero-order valence-corrected chi connectivity index (χ0v) is 20.9. The molecule has 1 saturated carbocycles. The molecule has 2 aliphatic rings. The number of benzene rings is 1. The maximum Gasteiger partial charge on any atom is 0.416 e. The van der Waals surface area contributed by atoms with E-state index in [1.54, 1.807) is 6.92 Å². The average molecular weight is 532 g/mol. The van der Waals surface area contributed by atoms with Crippen LogP contribution < -0.4 is 10.1 Å². The number of aryl methyl sites for hydroxylation is 1. The molecular formula is C26H28F3N5O4. The normalized spacial score (nSPS) is 19.7. The van der Waals surface area contributed by atoms with Gasteiger partial charge in [0, 0.05) is 29.9 Å². The minimum absolute atomic E-state index is 0.145. The number of hydrogen-bond acceptors (Lipinski definition) is 6. The number of carbonyl (C=O) groups is 2. The fraction of sp³-hybridized carbons (Fsp3) is 0.462. The van der Waals surface area contributed by atoms with Crippen LogP contribution in [0.1, 0.15) is 47.8 Å². The fourth-order valence-electron chi connectivity index (χ4n) is 4.94. The van der Waals surface area contributed by atoms with Crippen LogP contribution >= 0.6 is 0 Å². The number of nitrogens with one attached hydrogen (secondary N) is 2. The molecule has 1 aliphatic heterocycles. The smallest absolute Gasteiger partial charge is 0.416 e. The highest BCUT2D eigenvalue weighted by molar-refractivity contribution is 6.09. The number of aromatic amines is 1. The third-order valence-corrected chi connectivity index (χ3v) is 7.10. The number of fused-ring (bicyclic) bond motifs is 1. The molecule has 1 aliphatic carbocycles. The largest absolute Gasteiger partial charge is 0.493 e. The van der Waals surface area contributed by atoms with Crippen molar-refractivity contribution in [2.24, 2.45) is 5.92 Å². The number of aliphatic hydroxyl groups excluding tert-OH is 1. The summed E-state index contributed by atoms with van der Waals surface area (Å²) in [6.45, 7) is 3.58. The molecule has 2 amide bonds. The summed E-state index contributed by atoms with van der Waals surface area (Å²) in [6, 6.07) is 2.82. The number of likely N-dealkylation sites (tertiary alicyclic amines) is 1. The highest BCUT2D eigenvalue weighted by atomic mass is 19.4. The highest BCUT2D eigenvalue weighted by Crippen LogP contribution is 2.40. The van der Waals surface area contributed by atoms with Gasteiger partial charge in [0.1, 0.15) is 29.9 Å². The molecule has 1 aromatic carbocycles. The molecule has 0 unspecified atom stereocenters. The van der Waals surface area contributed by atoms with Gasteiger partial charge in [-0.15, -0.1) is 0 Å². The highest BCUT2D eigenvalue weighted by Gasteiger charge is 2.35. The summed E-state index contributed by atoms with van der Waals surface area (Å²) in [7, 11) is 0. The molecule has 3 N–H and O–H groups in total. The van der Waals surface area contributed by atoms with Gasteiger partial charge in [0.25, 0.3) is 5.91 Å². The van der Waals surface area contributed by atoms with Crippen LogP contribution in [0.4, 0.5) is 13.2 Å². The monoisotopic (exact) mass is 531 g/mol. The number of aromatic nitrogens is 3. The quantitative estimate of drug-likeness (QED) is 0.430. The van der Waals surface area contributed by atoms with Gasteiger partial charge in [-0.1, -0.05) is 0 Å². The summed E-state index contributed by atoms with van der Waals surface area (Å²) >= 11 is 0. The Morgan fingerprint density at radius 2 is 2.03 bits per heavy atom. The number of ether oxygens (including phenoxy) is 1. The lowest BCUT2D eigenvalue weighted by atomic mass is 10.0. The number of halogens is 3. The molecule has 2 aromatic heterocycles. The second-order valence-corrected chi connectivity index (χ2v) is 9.99. The fourth-order valence-corrected chi connectivity index (χ4v) is 4.94. The van der Waals surface area contributed by atoms with Crippen molar-refractivity contribution >= 4 is 22.8 Å². The number of nitrogens with zero attached hydrogens (tertiary/aromatic N) is 3. The molecule has 9 nitrogen and oxygen atoms in total. The number of H-pyrrole nitrogens is 1. The van der Waals surface area contributed by atoms with E-state index in [9.17, 15) is 27.9 Å². The summed E-state index contributed by atoms with van der Waals surface area (Å²) in [5, 5.41) is 12.1. The summed E-state index contributed by atoms with van der Waals surface area (Å²) in [5.41, 5.74) is 0.827. The number of aliphatic hydroxyl groups is 1. The van der Waals surface area contributed by atoms with E-state index >= 15 is 0 Å². The third kappa shape index (κ3) is 5.04. The lowest BCUT2D eigenvalue weighted by Crippen LogP contribution is -2.40. The van der Waals surface area contributed by atoms with Gasteiger partial charge >= 0.3 is 6.18 Å². The number of amides is 2. The molecule has 12 heteroatoms. The number of alkyl halides is 3. The molecule has 0 radical (unpaired) electrons. The van der Waals surface area contributed by atoms with Crippen molar-refractivity contribution in [2.75, 3.05) is 19.8 Å². The lowest BCUT2D eigenvalue weighted by Gasteiger charge is -2.19. The van der Waals surface area contributed by atoms with E-state index in [1.165, 1.54) is 17.3 Å². The van der Waals surface area contributed by atoms with Gasteiger partial charge in [-0.3, -0.25) is 9.59 Å². The van der Waals surface area contributed by atoms with Gasteiger partial charge in [0.05, 0.1) is 23.3 Å². The lowest BCUT2D eigenvalue weighted by molar-refractivity contribution is -0.137. The van der Waals surface area contributed by atoms with Gasteiger partial charge < -0.3 is 25.0 Å². The topological polar surface area (TPSA) is 120 Å². The first-order chi connectivity index (χ1) is 18.1. The van der Waals surface area contributed by atoms with Crippen molar-refractivity contribution in [3.63, 3.8) is 0 Å². The first kappa shape index (κ1) is 26.0. The van der Waals surface area contributed by atoms with Crippen LogP contribution in [0.2, 0.25) is 0 Å². The van der Waals surface area contributed by atoms with Crippen molar-refractivity contribution < 1.29 is 32.6 Å². The molecule has 202 valence electrons. The number of carbonyl (C=O) groups excluding carboxylic acids is 2. The Morgan fingerprint density at radius 1 is 1.26 bits per heavy atom. The van der Waals surface area contributed by atoms with E-state index in [0.717, 1.165) is 25.0 Å². The van der Waals surface area contributed by atoms with Gasteiger partial charge in [-0.05, 0) is 57.2 Å². The first-order valence-corrected chi connectivity index (χ1v) is 12.5. The predicted octanol–water partition coefficient (Wildman–Crippen LogP) is 3.45. The standard InChI is InChI=1S/C26H28F3N5O4/c1-13-7-17(9-34(13)20(36)10-35)33-25(37)21-14(2)32-24-22(30-12-31-23(21)24)18-8-16(26(27,28)29)5-6-19(18)38-11-15-3-4-15/h5-6,8,12-13,15,17,32,35H,3-4,7,9-11H2,1-2H3,(H,33,37)/t13-,17-/m1/s1. The summed E-state index contributed by atoms with van der Waals surface area (Å²) < 4.78 is 46.6. The maximum absolute atomic E-state index is 13.6. The molecule has 1 saturated heterocycles. The first-order valence-electron chi connectivity index (χ1n) is 12.5. The molecule has 38 heavy (non-hydrogen) atoms. The molecule has 2 atom stereocenters. The van der Waals surface area contributed by atoms with Crippen LogP contribution in [0.3, 0.4) is 0 Å². The second kappa shape index (κ2) is 9.90. The number of rotatable bonds is 7. The van der Waals surface area contributed by atoms with E-state index in [2.05, 4.69) is 20.3 Å². The molecule has 3 aromatic rings. The number of hydrogen-bond donors (Lipinski definition) is 3. The van der Waals surface area contributed by atoms with Crippen LogP contribution in [0, 0.1) is 12.8 Å². The van der Waals surface area contributed by atoms with Crippen LogP contribution in [0.15, 0.2) is 24.5 Å². The summed E-state index contributed by atoms with van der Waals surface area (Å²) in [6.07, 6.45) is -0.783. The van der Waals surface area contributed by atoms with Crippen molar-refractivity contribution in [3.8, 4) is 17.0 Å². The minimum Gasteiger partial charge on any atom is -0.493 e. The predicted molar refractivity (Wildman–Crippen MR) is 131 cm³/mol. The SMILES string of the molecule is Cc1[nH]c2c(-c3cc(C(F)(F)F)ccc3OCC3CC3)ncnc2c1C(=O)N[C@@H]1C[C@@H](C)N(C(=O)CO)C1. The zero-order valence-electron chi connectivity index (χ0n) is 20.9. The van der Waals surface area contributed by atoms with Gasteiger partial charge in [-0.2, -0.15) is 13.2 Å². The Kier molecular flexibility index (Phi) is 6.76. The second-order valence-electron chi connectivity index (χ2n) is 9.99. The van der Waals surface area contributed by atoms with Crippen molar-refractivity contribution in [1.29, 1.82) is 0 Å². The van der Waals surface area contributed by atoms with Crippen molar-refractivity contribution in [3.05, 3.63) is 41.3 Å². The molecule has 0 bridgehead atoms. The van der Waals surface area contributed by atoms with Gasteiger partial charge in [0.15, 0.2) is 0 Å². The van der Waals surface area contributed by atoms with Gasteiger partial charge in [0.2, 0.25) is 5.91 Å². The Hall–Kier alpha value is -3.67. The Balaban J connectivity index is 1.49. The van der Waals surface area contributed by atoms with Gasteiger partial charge in [-0.25, -0.2) is 9.97 Å². The van der Waals surface area contributed by atoms with E-state index in [-0.39, 0.29) is 46.7 Å². The Bertz CT molecular complexity index is 1390. The average Bonchev–Trinajstić information content (AvgIpc) is 3.54. The van der Waals surface area contributed by atoms with Crippen LogP contribution in [-0.2, 0) is 11.0 Å². The Morgan fingerprint density at radius 3 is 2.71 bits per heavy atom. The zero-order chi connectivity index (χ0) is 27.2.